The van der Waals surface area contributed by atoms with Crippen LogP contribution in [0.3, 0.4) is 0 Å². The zero-order valence-electron chi connectivity index (χ0n) is 12.6. The average Bonchev–Trinajstić information content (AvgIpc) is 3.11. The second-order valence-corrected chi connectivity index (χ2v) is 5.22. The summed E-state index contributed by atoms with van der Waals surface area (Å²) in [5, 5.41) is 2.68. The van der Waals surface area contributed by atoms with Crippen LogP contribution >= 0.6 is 0 Å². The van der Waals surface area contributed by atoms with Crippen LogP contribution in [0.5, 0.6) is 0 Å². The first-order chi connectivity index (χ1) is 11.6. The fourth-order valence-corrected chi connectivity index (χ4v) is 2.20. The van der Waals surface area contributed by atoms with Gasteiger partial charge in [0.15, 0.2) is 5.76 Å². The molecule has 6 heteroatoms. The lowest BCUT2D eigenvalue weighted by Crippen LogP contribution is -2.25. The molecular formula is C18H14F2N2O2. The third-order valence-corrected chi connectivity index (χ3v) is 3.45. The first-order valence-corrected chi connectivity index (χ1v) is 7.31. The van der Waals surface area contributed by atoms with E-state index in [1.54, 1.807) is 30.7 Å². The van der Waals surface area contributed by atoms with Gasteiger partial charge in [-0.05, 0) is 35.4 Å². The van der Waals surface area contributed by atoms with Crippen molar-refractivity contribution >= 4 is 5.91 Å². The van der Waals surface area contributed by atoms with Crippen LogP contribution in [-0.2, 0) is 17.8 Å². The van der Waals surface area contributed by atoms with Crippen molar-refractivity contribution in [2.24, 2.45) is 0 Å². The topological polar surface area (TPSA) is 55.1 Å². The molecule has 0 saturated heterocycles. The summed E-state index contributed by atoms with van der Waals surface area (Å²) in [6, 6.07) is 10.4. The number of halogens is 2. The number of aromatic nitrogens is 1. The molecular weight excluding hydrogens is 314 g/mol. The number of amides is 1. The molecule has 0 aliphatic heterocycles. The molecule has 0 fully saturated rings. The molecule has 0 unspecified atom stereocenters. The normalized spacial score (nSPS) is 10.6. The number of carbonyl (C=O) groups is 1. The smallest absolute Gasteiger partial charge is 0.224 e. The van der Waals surface area contributed by atoms with E-state index in [9.17, 15) is 13.6 Å². The minimum Gasteiger partial charge on any atom is -0.463 e. The molecule has 2 heterocycles. The quantitative estimate of drug-likeness (QED) is 0.780. The molecule has 0 aliphatic rings. The molecule has 0 atom stereocenters. The van der Waals surface area contributed by atoms with Gasteiger partial charge in [-0.2, -0.15) is 0 Å². The van der Waals surface area contributed by atoms with E-state index in [-0.39, 0.29) is 24.4 Å². The molecule has 3 aromatic rings. The Labute approximate surface area is 137 Å². The third-order valence-electron chi connectivity index (χ3n) is 3.45. The summed E-state index contributed by atoms with van der Waals surface area (Å²) in [5.41, 5.74) is 1.65. The van der Waals surface area contributed by atoms with E-state index in [2.05, 4.69) is 10.3 Å². The Hall–Kier alpha value is -3.02. The molecule has 1 aromatic carbocycles. The van der Waals surface area contributed by atoms with Crippen LogP contribution in [-0.4, -0.2) is 10.9 Å². The Morgan fingerprint density at radius 1 is 1.17 bits per heavy atom. The Kier molecular flexibility index (Phi) is 4.65. The van der Waals surface area contributed by atoms with Crippen molar-refractivity contribution in [2.75, 3.05) is 0 Å². The van der Waals surface area contributed by atoms with E-state index in [0.29, 0.717) is 11.5 Å². The first kappa shape index (κ1) is 15.9. The summed E-state index contributed by atoms with van der Waals surface area (Å²) in [4.78, 5) is 16.1. The zero-order chi connectivity index (χ0) is 16.9. The number of rotatable bonds is 5. The highest BCUT2D eigenvalue weighted by atomic mass is 19.1. The maximum absolute atomic E-state index is 13.5. The summed E-state index contributed by atoms with van der Waals surface area (Å²) in [5.74, 6) is -1.08. The lowest BCUT2D eigenvalue weighted by Gasteiger charge is -2.07. The van der Waals surface area contributed by atoms with Crippen molar-refractivity contribution in [3.63, 3.8) is 0 Å². The molecule has 0 spiro atoms. The van der Waals surface area contributed by atoms with Gasteiger partial charge in [0.25, 0.3) is 0 Å². The molecule has 122 valence electrons. The van der Waals surface area contributed by atoms with Crippen LogP contribution in [0.1, 0.15) is 11.1 Å². The lowest BCUT2D eigenvalue weighted by atomic mass is 10.1. The zero-order valence-corrected chi connectivity index (χ0v) is 12.6. The summed E-state index contributed by atoms with van der Waals surface area (Å²) >= 11 is 0. The summed E-state index contributed by atoms with van der Waals surface area (Å²) < 4.78 is 31.6. The molecule has 4 nitrogen and oxygen atoms in total. The predicted molar refractivity (Wildman–Crippen MR) is 83.8 cm³/mol. The highest BCUT2D eigenvalue weighted by Gasteiger charge is 2.09. The monoisotopic (exact) mass is 328 g/mol. The van der Waals surface area contributed by atoms with Crippen molar-refractivity contribution in [2.45, 2.75) is 13.0 Å². The van der Waals surface area contributed by atoms with Crippen LogP contribution in [0.2, 0.25) is 0 Å². The van der Waals surface area contributed by atoms with Crippen LogP contribution in [0.4, 0.5) is 8.78 Å². The largest absolute Gasteiger partial charge is 0.463 e. The van der Waals surface area contributed by atoms with Gasteiger partial charge in [0.2, 0.25) is 5.91 Å². The van der Waals surface area contributed by atoms with E-state index in [1.807, 2.05) is 6.07 Å². The van der Waals surface area contributed by atoms with E-state index in [1.165, 1.54) is 6.07 Å². The van der Waals surface area contributed by atoms with Gasteiger partial charge in [-0.15, -0.1) is 0 Å². The van der Waals surface area contributed by atoms with Gasteiger partial charge in [0.1, 0.15) is 17.3 Å². The van der Waals surface area contributed by atoms with E-state index in [0.717, 1.165) is 17.7 Å². The molecule has 0 saturated carbocycles. The van der Waals surface area contributed by atoms with Gasteiger partial charge in [-0.3, -0.25) is 9.78 Å². The minimum absolute atomic E-state index is 0.149. The Bertz CT molecular complexity index is 831. The predicted octanol–water partition coefficient (Wildman–Crippen LogP) is 3.48. The molecule has 2 aromatic heterocycles. The Morgan fingerprint density at radius 3 is 2.71 bits per heavy atom. The van der Waals surface area contributed by atoms with Gasteiger partial charge in [0, 0.05) is 18.8 Å². The Balaban J connectivity index is 1.56. The molecule has 3 rings (SSSR count). The van der Waals surface area contributed by atoms with Gasteiger partial charge >= 0.3 is 0 Å². The first-order valence-electron chi connectivity index (χ1n) is 7.31. The maximum atomic E-state index is 13.5. The average molecular weight is 328 g/mol. The maximum Gasteiger partial charge on any atom is 0.224 e. The molecule has 0 aliphatic carbocycles. The van der Waals surface area contributed by atoms with Crippen LogP contribution < -0.4 is 5.32 Å². The summed E-state index contributed by atoms with van der Waals surface area (Å²) in [6.45, 7) is 0.271. The number of pyridine rings is 1. The lowest BCUT2D eigenvalue weighted by molar-refractivity contribution is -0.120. The molecule has 0 bridgehead atoms. The van der Waals surface area contributed by atoms with Crippen molar-refractivity contribution in [1.82, 2.24) is 10.3 Å². The molecule has 1 amide bonds. The van der Waals surface area contributed by atoms with Crippen LogP contribution in [0, 0.1) is 11.6 Å². The second-order valence-electron chi connectivity index (χ2n) is 5.22. The number of carbonyl (C=O) groups excluding carboxylic acids is 1. The highest BCUT2D eigenvalue weighted by Crippen LogP contribution is 2.17. The third kappa shape index (κ3) is 3.84. The number of benzene rings is 1. The Morgan fingerprint density at radius 2 is 2.04 bits per heavy atom. The number of hydrogen-bond donors (Lipinski definition) is 1. The fraction of sp³-hybridized carbons (Fsp3) is 0.111. The standard InChI is InChI=1S/C18H14F2N2O2/c19-14-5-4-13(15(20)9-14)8-18(23)22-11-12-3-6-16(21-10-12)17-2-1-7-24-17/h1-7,9-10H,8,11H2,(H,22,23). The number of nitrogens with one attached hydrogen (secondary N) is 1. The summed E-state index contributed by atoms with van der Waals surface area (Å²) in [7, 11) is 0. The molecule has 24 heavy (non-hydrogen) atoms. The van der Waals surface area contributed by atoms with Crippen molar-refractivity contribution in [3.8, 4) is 11.5 Å². The van der Waals surface area contributed by atoms with Crippen molar-refractivity contribution in [3.05, 3.63) is 77.7 Å². The number of nitrogens with zero attached hydrogens (tertiary/aromatic N) is 1. The van der Waals surface area contributed by atoms with Gasteiger partial charge in [-0.1, -0.05) is 12.1 Å². The van der Waals surface area contributed by atoms with E-state index < -0.39 is 11.6 Å². The van der Waals surface area contributed by atoms with E-state index in [4.69, 9.17) is 4.42 Å². The number of furan rings is 1. The van der Waals surface area contributed by atoms with Crippen molar-refractivity contribution < 1.29 is 18.0 Å². The minimum atomic E-state index is -0.727. The fourth-order valence-electron chi connectivity index (χ4n) is 2.20. The van der Waals surface area contributed by atoms with Crippen LogP contribution in [0.15, 0.2) is 59.3 Å². The van der Waals surface area contributed by atoms with Gasteiger partial charge in [-0.25, -0.2) is 8.78 Å². The molecule has 1 N–H and O–H groups in total. The van der Waals surface area contributed by atoms with Crippen LogP contribution in [0.25, 0.3) is 11.5 Å². The second kappa shape index (κ2) is 7.04. The highest BCUT2D eigenvalue weighted by molar-refractivity contribution is 5.78. The SMILES string of the molecule is O=C(Cc1ccc(F)cc1F)NCc1ccc(-c2ccco2)nc1. The number of hydrogen-bond acceptors (Lipinski definition) is 3. The van der Waals surface area contributed by atoms with Crippen molar-refractivity contribution in [1.29, 1.82) is 0 Å². The van der Waals surface area contributed by atoms with Gasteiger partial charge < -0.3 is 9.73 Å². The molecule has 0 radical (unpaired) electrons. The van der Waals surface area contributed by atoms with Gasteiger partial charge in [0.05, 0.1) is 12.7 Å². The van der Waals surface area contributed by atoms with E-state index >= 15 is 0 Å². The summed E-state index contributed by atoms with van der Waals surface area (Å²) in [6.07, 6.45) is 3.06.